The van der Waals surface area contributed by atoms with Crippen LogP contribution in [0.15, 0.2) is 71.9 Å². The Morgan fingerprint density at radius 2 is 1.47 bits per heavy atom. The van der Waals surface area contributed by atoms with Crippen molar-refractivity contribution in [2.24, 2.45) is 0 Å². The van der Waals surface area contributed by atoms with E-state index in [1.165, 1.54) is 21.6 Å². The Morgan fingerprint density at radius 1 is 0.882 bits per heavy atom. The first-order valence-corrected chi connectivity index (χ1v) is 11.6. The lowest BCUT2D eigenvalue weighted by Gasteiger charge is -2.34. The molecule has 34 heavy (non-hydrogen) atoms. The second-order valence-corrected chi connectivity index (χ2v) is 9.31. The van der Waals surface area contributed by atoms with Gasteiger partial charge in [-0.05, 0) is 24.3 Å². The summed E-state index contributed by atoms with van der Waals surface area (Å²) in [6, 6.07) is 13.3. The predicted octanol–water partition coefficient (Wildman–Crippen LogP) is 3.19. The predicted molar refractivity (Wildman–Crippen MR) is 115 cm³/mol. The van der Waals surface area contributed by atoms with Crippen LogP contribution < -0.4 is 4.74 Å². The number of alkyl halides is 3. The molecule has 12 heteroatoms. The third-order valence-corrected chi connectivity index (χ3v) is 7.06. The van der Waals surface area contributed by atoms with Crippen LogP contribution in [0.3, 0.4) is 0 Å². The summed E-state index contributed by atoms with van der Waals surface area (Å²) in [6.45, 7) is 0.372. The van der Waals surface area contributed by atoms with Crippen molar-refractivity contribution in [2.75, 3.05) is 26.2 Å². The molecule has 1 aromatic heterocycles. The van der Waals surface area contributed by atoms with E-state index in [9.17, 15) is 26.4 Å². The summed E-state index contributed by atoms with van der Waals surface area (Å²) < 4.78 is 67.5. The van der Waals surface area contributed by atoms with Gasteiger partial charge in [0.05, 0.1) is 10.5 Å². The second-order valence-electron chi connectivity index (χ2n) is 7.38. The fraction of sp³-hybridized carbons (Fsp3) is 0.227. The summed E-state index contributed by atoms with van der Waals surface area (Å²) in [5.41, 5.74) is 1.11. The van der Waals surface area contributed by atoms with Crippen molar-refractivity contribution < 1.29 is 31.1 Å². The quantitative estimate of drug-likeness (QED) is 0.543. The molecule has 0 aliphatic carbocycles. The summed E-state index contributed by atoms with van der Waals surface area (Å²) in [6.07, 6.45) is -1.99. The fourth-order valence-corrected chi connectivity index (χ4v) is 4.87. The molecule has 8 nitrogen and oxygen atoms in total. The number of ether oxygens (including phenoxy) is 1. The molecule has 0 unspecified atom stereocenters. The van der Waals surface area contributed by atoms with Gasteiger partial charge in [0.1, 0.15) is 5.75 Å². The normalized spacial score (nSPS) is 15.2. The molecule has 0 saturated carbocycles. The van der Waals surface area contributed by atoms with Gasteiger partial charge in [-0.15, -0.1) is 13.2 Å². The molecular formula is C22H19F3N4O4S. The largest absolute Gasteiger partial charge is 0.573 e. The third kappa shape index (κ3) is 5.34. The van der Waals surface area contributed by atoms with Crippen LogP contribution in [-0.4, -0.2) is 66.0 Å². The fourth-order valence-electron chi connectivity index (χ4n) is 3.45. The van der Waals surface area contributed by atoms with Crippen LogP contribution in [0.2, 0.25) is 0 Å². The van der Waals surface area contributed by atoms with Crippen molar-refractivity contribution >= 4 is 15.9 Å². The number of hydrogen-bond acceptors (Lipinski definition) is 6. The molecule has 1 aliphatic heterocycles. The molecule has 1 aliphatic rings. The number of piperazine rings is 1. The first-order valence-electron chi connectivity index (χ1n) is 10.2. The van der Waals surface area contributed by atoms with Crippen LogP contribution in [0.25, 0.3) is 11.4 Å². The zero-order valence-corrected chi connectivity index (χ0v) is 18.5. The molecule has 4 rings (SSSR count). The van der Waals surface area contributed by atoms with Crippen molar-refractivity contribution in [1.29, 1.82) is 0 Å². The number of aromatic nitrogens is 2. The summed E-state index contributed by atoms with van der Waals surface area (Å²) >= 11 is 0. The Bertz CT molecular complexity index is 1240. The first kappa shape index (κ1) is 23.6. The molecule has 0 atom stereocenters. The van der Waals surface area contributed by atoms with Crippen LogP contribution >= 0.6 is 0 Å². The zero-order chi connectivity index (χ0) is 24.3. The average Bonchev–Trinajstić information content (AvgIpc) is 2.84. The van der Waals surface area contributed by atoms with Crippen LogP contribution in [0.1, 0.15) is 10.4 Å². The highest BCUT2D eigenvalue weighted by atomic mass is 32.2. The van der Waals surface area contributed by atoms with E-state index in [-0.39, 0.29) is 42.5 Å². The van der Waals surface area contributed by atoms with Gasteiger partial charge in [-0.25, -0.2) is 18.4 Å². The van der Waals surface area contributed by atoms with E-state index in [0.717, 1.165) is 29.8 Å². The van der Waals surface area contributed by atoms with Crippen molar-refractivity contribution in [3.63, 3.8) is 0 Å². The number of benzene rings is 2. The Morgan fingerprint density at radius 3 is 2.03 bits per heavy atom. The molecule has 0 radical (unpaired) electrons. The third-order valence-electron chi connectivity index (χ3n) is 5.15. The van der Waals surface area contributed by atoms with Gasteiger partial charge >= 0.3 is 6.36 Å². The van der Waals surface area contributed by atoms with Crippen molar-refractivity contribution in [3.8, 4) is 17.1 Å². The second kappa shape index (κ2) is 9.39. The van der Waals surface area contributed by atoms with Gasteiger partial charge in [0, 0.05) is 44.1 Å². The van der Waals surface area contributed by atoms with Crippen molar-refractivity contribution in [2.45, 2.75) is 11.3 Å². The Kier molecular flexibility index (Phi) is 6.53. The van der Waals surface area contributed by atoms with Gasteiger partial charge in [0.2, 0.25) is 10.0 Å². The molecule has 2 aromatic carbocycles. The van der Waals surface area contributed by atoms with E-state index < -0.39 is 22.1 Å². The van der Waals surface area contributed by atoms with Crippen LogP contribution in [0.4, 0.5) is 13.2 Å². The van der Waals surface area contributed by atoms with E-state index >= 15 is 0 Å². The minimum absolute atomic E-state index is 0.0395. The average molecular weight is 492 g/mol. The molecule has 0 N–H and O–H groups in total. The molecule has 2 heterocycles. The number of hydrogen-bond donors (Lipinski definition) is 0. The molecule has 1 amide bonds. The smallest absolute Gasteiger partial charge is 0.406 e. The van der Waals surface area contributed by atoms with Crippen molar-refractivity contribution in [1.82, 2.24) is 19.2 Å². The van der Waals surface area contributed by atoms with E-state index in [1.54, 1.807) is 0 Å². The van der Waals surface area contributed by atoms with Gasteiger partial charge in [0.15, 0.2) is 5.82 Å². The number of carbonyl (C=O) groups excluding carboxylic acids is 1. The highest BCUT2D eigenvalue weighted by molar-refractivity contribution is 7.89. The maximum absolute atomic E-state index is 12.8. The molecular weight excluding hydrogens is 473 g/mol. The summed E-state index contributed by atoms with van der Waals surface area (Å²) in [4.78, 5) is 22.6. The van der Waals surface area contributed by atoms with Crippen LogP contribution in [-0.2, 0) is 10.0 Å². The van der Waals surface area contributed by atoms with E-state index in [0.29, 0.717) is 5.82 Å². The lowest BCUT2D eigenvalue weighted by Crippen LogP contribution is -2.50. The maximum Gasteiger partial charge on any atom is 0.573 e. The lowest BCUT2D eigenvalue weighted by molar-refractivity contribution is -0.274. The molecule has 1 fully saturated rings. The Hall–Kier alpha value is -3.51. The number of rotatable bonds is 5. The van der Waals surface area contributed by atoms with Crippen LogP contribution in [0.5, 0.6) is 5.75 Å². The molecule has 0 bridgehead atoms. The molecule has 178 valence electrons. The van der Waals surface area contributed by atoms with Gasteiger partial charge in [-0.2, -0.15) is 4.31 Å². The number of halogens is 3. The summed E-state index contributed by atoms with van der Waals surface area (Å²) in [7, 11) is -3.94. The first-order chi connectivity index (χ1) is 16.1. The Labute approximate surface area is 193 Å². The molecule has 0 spiro atoms. The van der Waals surface area contributed by atoms with Gasteiger partial charge in [-0.1, -0.05) is 30.3 Å². The maximum atomic E-state index is 12.8. The van der Waals surface area contributed by atoms with Gasteiger partial charge in [0.25, 0.3) is 5.91 Å². The molecule has 1 saturated heterocycles. The summed E-state index contributed by atoms with van der Waals surface area (Å²) in [5, 5.41) is 0. The lowest BCUT2D eigenvalue weighted by atomic mass is 10.2. The highest BCUT2D eigenvalue weighted by Gasteiger charge is 2.33. The van der Waals surface area contributed by atoms with Gasteiger partial charge < -0.3 is 9.64 Å². The number of amides is 1. The van der Waals surface area contributed by atoms with E-state index in [2.05, 4.69) is 14.7 Å². The molecule has 3 aromatic rings. The zero-order valence-electron chi connectivity index (χ0n) is 17.6. The number of nitrogens with zero attached hydrogens (tertiary/aromatic N) is 4. The minimum Gasteiger partial charge on any atom is -0.406 e. The van der Waals surface area contributed by atoms with E-state index in [1.807, 2.05) is 30.3 Å². The summed E-state index contributed by atoms with van der Waals surface area (Å²) in [5.74, 6) is -0.340. The van der Waals surface area contributed by atoms with Crippen LogP contribution in [0, 0.1) is 0 Å². The minimum atomic E-state index is -4.86. The van der Waals surface area contributed by atoms with E-state index in [4.69, 9.17) is 0 Å². The monoisotopic (exact) mass is 492 g/mol. The highest BCUT2D eigenvalue weighted by Crippen LogP contribution is 2.25. The van der Waals surface area contributed by atoms with Gasteiger partial charge in [-0.3, -0.25) is 4.79 Å². The topological polar surface area (TPSA) is 92.7 Å². The standard InChI is InChI=1S/C22H19F3N4O4S/c23-22(24,25)33-18-6-8-19(9-7-18)34(31,32)29-12-10-28(11-13-29)21(30)17-14-26-20(27-15-17)16-4-2-1-3-5-16/h1-9,14-15H,10-13H2. The Balaban J connectivity index is 1.38. The number of sulfonamides is 1. The van der Waals surface area contributed by atoms with Crippen molar-refractivity contribution in [3.05, 3.63) is 72.6 Å². The SMILES string of the molecule is O=C(c1cnc(-c2ccccc2)nc1)N1CCN(S(=O)(=O)c2ccc(OC(F)(F)F)cc2)CC1. The number of carbonyl (C=O) groups is 1.